The van der Waals surface area contributed by atoms with E-state index in [0.717, 1.165) is 9.88 Å². The molecule has 0 spiro atoms. The molecule has 2 rings (SSSR count). The lowest BCUT2D eigenvalue weighted by Crippen LogP contribution is -2.07. The summed E-state index contributed by atoms with van der Waals surface area (Å²) >= 11 is 1.62. The molecular weight excluding hydrogens is 252 g/mol. The van der Waals surface area contributed by atoms with E-state index in [1.165, 1.54) is 7.11 Å². The number of nitrogens with one attached hydrogen (secondary N) is 1. The lowest BCUT2D eigenvalue weighted by atomic mass is 10.4. The molecule has 0 fully saturated rings. The van der Waals surface area contributed by atoms with Crippen molar-refractivity contribution < 1.29 is 9.53 Å². The van der Waals surface area contributed by atoms with Gasteiger partial charge in [-0.05, 0) is 19.1 Å². The molecule has 0 saturated carbocycles. The monoisotopic (exact) mass is 264 g/mol. The van der Waals surface area contributed by atoms with Crippen molar-refractivity contribution in [3.05, 3.63) is 33.9 Å². The Bertz CT molecular complexity index is 538. The van der Waals surface area contributed by atoms with Gasteiger partial charge in [0, 0.05) is 11.1 Å². The van der Waals surface area contributed by atoms with Crippen LogP contribution in [-0.2, 0) is 11.3 Å². The van der Waals surface area contributed by atoms with Gasteiger partial charge in [0.1, 0.15) is 5.82 Å². The van der Waals surface area contributed by atoms with Gasteiger partial charge in [-0.2, -0.15) is 0 Å². The molecule has 1 N–H and O–H groups in total. The molecule has 94 valence electrons. The van der Waals surface area contributed by atoms with Crippen LogP contribution in [0.15, 0.2) is 18.3 Å². The summed E-state index contributed by atoms with van der Waals surface area (Å²) in [4.78, 5) is 16.4. The van der Waals surface area contributed by atoms with E-state index in [9.17, 15) is 4.79 Å². The number of aryl methyl sites for hydroxylation is 1. The van der Waals surface area contributed by atoms with Crippen LogP contribution >= 0.6 is 11.3 Å². The molecule has 0 aliphatic rings. The summed E-state index contributed by atoms with van der Waals surface area (Å²) in [6.07, 6.45) is 1.82. The summed E-state index contributed by atoms with van der Waals surface area (Å²) in [5, 5.41) is 11.8. The molecule has 0 aromatic carbocycles. The fourth-order valence-electron chi connectivity index (χ4n) is 1.30. The third-order valence-electron chi connectivity index (χ3n) is 2.17. The van der Waals surface area contributed by atoms with Crippen LogP contribution in [0.25, 0.3) is 0 Å². The first-order chi connectivity index (χ1) is 8.69. The zero-order valence-electron chi connectivity index (χ0n) is 10.0. The smallest absolute Gasteiger partial charge is 0.358 e. The van der Waals surface area contributed by atoms with E-state index in [0.29, 0.717) is 12.4 Å². The first-order valence-electron chi connectivity index (χ1n) is 5.26. The standard InChI is InChI=1S/C11H12N4O2S/c1-7-12-5-8(18-7)6-13-10-4-3-9(14-15-10)11(16)17-2/h3-5H,6H2,1-2H3,(H,13,15). The van der Waals surface area contributed by atoms with Crippen LogP contribution < -0.4 is 5.32 Å². The van der Waals surface area contributed by atoms with E-state index in [1.807, 2.05) is 13.1 Å². The van der Waals surface area contributed by atoms with E-state index < -0.39 is 5.97 Å². The van der Waals surface area contributed by atoms with Crippen LogP contribution in [-0.4, -0.2) is 28.3 Å². The zero-order valence-corrected chi connectivity index (χ0v) is 10.8. The van der Waals surface area contributed by atoms with Crippen molar-refractivity contribution in [2.24, 2.45) is 0 Å². The number of hydrogen-bond acceptors (Lipinski definition) is 7. The number of aromatic nitrogens is 3. The highest BCUT2D eigenvalue weighted by atomic mass is 32.1. The van der Waals surface area contributed by atoms with E-state index >= 15 is 0 Å². The van der Waals surface area contributed by atoms with Gasteiger partial charge in [-0.3, -0.25) is 0 Å². The third-order valence-corrected chi connectivity index (χ3v) is 3.08. The fraction of sp³-hybridized carbons (Fsp3) is 0.273. The molecular formula is C11H12N4O2S. The van der Waals surface area contributed by atoms with E-state index in [-0.39, 0.29) is 5.69 Å². The Kier molecular flexibility index (Phi) is 3.83. The number of nitrogens with zero attached hydrogens (tertiary/aromatic N) is 3. The summed E-state index contributed by atoms with van der Waals surface area (Å²) in [6.45, 7) is 2.59. The largest absolute Gasteiger partial charge is 0.464 e. The van der Waals surface area contributed by atoms with Gasteiger partial charge in [0.15, 0.2) is 5.69 Å². The normalized spacial score (nSPS) is 10.1. The summed E-state index contributed by atoms with van der Waals surface area (Å²) < 4.78 is 4.54. The molecule has 2 heterocycles. The molecule has 2 aromatic rings. The predicted molar refractivity (Wildman–Crippen MR) is 67.5 cm³/mol. The molecule has 7 heteroatoms. The summed E-state index contributed by atoms with van der Waals surface area (Å²) in [5.41, 5.74) is 0.191. The van der Waals surface area contributed by atoms with Crippen LogP contribution in [0.2, 0.25) is 0 Å². The van der Waals surface area contributed by atoms with Crippen molar-refractivity contribution >= 4 is 23.1 Å². The average molecular weight is 264 g/mol. The van der Waals surface area contributed by atoms with Crippen LogP contribution in [0.3, 0.4) is 0 Å². The minimum Gasteiger partial charge on any atom is -0.464 e. The highest BCUT2D eigenvalue weighted by Gasteiger charge is 2.07. The van der Waals surface area contributed by atoms with Gasteiger partial charge in [-0.15, -0.1) is 21.5 Å². The Balaban J connectivity index is 1.96. The van der Waals surface area contributed by atoms with E-state index in [2.05, 4.69) is 25.2 Å². The number of hydrogen-bond donors (Lipinski definition) is 1. The van der Waals surface area contributed by atoms with E-state index in [1.54, 1.807) is 23.5 Å². The quantitative estimate of drug-likeness (QED) is 0.846. The number of carbonyl (C=O) groups excluding carboxylic acids is 1. The fourth-order valence-corrected chi connectivity index (χ4v) is 2.04. The van der Waals surface area contributed by atoms with Gasteiger partial charge >= 0.3 is 5.97 Å². The summed E-state index contributed by atoms with van der Waals surface area (Å²) in [6, 6.07) is 3.26. The number of methoxy groups -OCH3 is 1. The number of esters is 1. The Labute approximate surface area is 108 Å². The van der Waals surface area contributed by atoms with Crippen molar-refractivity contribution in [2.45, 2.75) is 13.5 Å². The molecule has 6 nitrogen and oxygen atoms in total. The number of carbonyl (C=O) groups is 1. The SMILES string of the molecule is COC(=O)c1ccc(NCc2cnc(C)s2)nn1. The topological polar surface area (TPSA) is 77.0 Å². The van der Waals surface area contributed by atoms with Crippen LogP contribution in [0.1, 0.15) is 20.4 Å². The predicted octanol–water partition coefficient (Wildman–Crippen LogP) is 1.64. The lowest BCUT2D eigenvalue weighted by Gasteiger charge is -2.03. The zero-order chi connectivity index (χ0) is 13.0. The van der Waals surface area contributed by atoms with Crippen molar-refractivity contribution in [2.75, 3.05) is 12.4 Å². The number of anilines is 1. The summed E-state index contributed by atoms with van der Waals surface area (Å²) in [7, 11) is 1.31. The van der Waals surface area contributed by atoms with Gasteiger partial charge in [0.25, 0.3) is 0 Å². The number of thiazole rings is 1. The van der Waals surface area contributed by atoms with Crippen molar-refractivity contribution in [3.8, 4) is 0 Å². The second-order valence-electron chi connectivity index (χ2n) is 3.49. The molecule has 0 radical (unpaired) electrons. The first-order valence-corrected chi connectivity index (χ1v) is 6.08. The highest BCUT2D eigenvalue weighted by Crippen LogP contribution is 2.13. The molecule has 0 aliphatic heterocycles. The lowest BCUT2D eigenvalue weighted by molar-refractivity contribution is 0.0593. The molecule has 0 atom stereocenters. The Morgan fingerprint density at radius 2 is 2.28 bits per heavy atom. The number of rotatable bonds is 4. The van der Waals surface area contributed by atoms with E-state index in [4.69, 9.17) is 0 Å². The van der Waals surface area contributed by atoms with Crippen molar-refractivity contribution in [1.29, 1.82) is 0 Å². The van der Waals surface area contributed by atoms with Gasteiger partial charge in [0.05, 0.1) is 18.7 Å². The van der Waals surface area contributed by atoms with Crippen LogP contribution in [0.4, 0.5) is 5.82 Å². The Hall–Kier alpha value is -2.02. The van der Waals surface area contributed by atoms with Gasteiger partial charge in [-0.1, -0.05) is 0 Å². The maximum absolute atomic E-state index is 11.2. The second-order valence-corrected chi connectivity index (χ2v) is 4.81. The van der Waals surface area contributed by atoms with Crippen LogP contribution in [0.5, 0.6) is 0 Å². The number of ether oxygens (including phenoxy) is 1. The minimum absolute atomic E-state index is 0.191. The molecule has 0 bridgehead atoms. The minimum atomic E-state index is -0.493. The molecule has 0 aliphatic carbocycles. The maximum Gasteiger partial charge on any atom is 0.358 e. The highest BCUT2D eigenvalue weighted by molar-refractivity contribution is 7.11. The van der Waals surface area contributed by atoms with Crippen molar-refractivity contribution in [3.63, 3.8) is 0 Å². The summed E-state index contributed by atoms with van der Waals surface area (Å²) in [5.74, 6) is 0.112. The average Bonchev–Trinajstić information content (AvgIpc) is 2.82. The van der Waals surface area contributed by atoms with Crippen molar-refractivity contribution in [1.82, 2.24) is 15.2 Å². The molecule has 0 unspecified atom stereocenters. The maximum atomic E-state index is 11.2. The van der Waals surface area contributed by atoms with Gasteiger partial charge in [0.2, 0.25) is 0 Å². The molecule has 2 aromatic heterocycles. The Morgan fingerprint density at radius 3 is 2.83 bits per heavy atom. The molecule has 18 heavy (non-hydrogen) atoms. The Morgan fingerprint density at radius 1 is 1.44 bits per heavy atom. The second kappa shape index (κ2) is 5.54. The van der Waals surface area contributed by atoms with Crippen LogP contribution in [0, 0.1) is 6.92 Å². The first kappa shape index (κ1) is 12.4. The third kappa shape index (κ3) is 3.01. The molecule has 0 saturated heterocycles. The van der Waals surface area contributed by atoms with Gasteiger partial charge in [-0.25, -0.2) is 9.78 Å². The molecule has 0 amide bonds. The van der Waals surface area contributed by atoms with Gasteiger partial charge < -0.3 is 10.1 Å².